The van der Waals surface area contributed by atoms with E-state index in [4.69, 9.17) is 13.3 Å². The summed E-state index contributed by atoms with van der Waals surface area (Å²) < 4.78 is 16.6. The van der Waals surface area contributed by atoms with Gasteiger partial charge in [-0.3, -0.25) is 0 Å². The summed E-state index contributed by atoms with van der Waals surface area (Å²) in [5, 5.41) is 9.27. The van der Waals surface area contributed by atoms with Gasteiger partial charge in [0.25, 0.3) is 11.8 Å². The number of nitrogens with zero attached hydrogens (tertiary/aromatic N) is 2. The van der Waals surface area contributed by atoms with Crippen LogP contribution in [0.15, 0.2) is 54.6 Å². The van der Waals surface area contributed by atoms with Gasteiger partial charge < -0.3 is 18.2 Å². The van der Waals surface area contributed by atoms with Crippen molar-refractivity contribution in [2.75, 3.05) is 6.54 Å². The lowest BCUT2D eigenvalue weighted by Gasteiger charge is -2.18. The molecule has 4 aromatic rings. The van der Waals surface area contributed by atoms with Crippen molar-refractivity contribution < 1.29 is 18.2 Å². The zero-order valence-electron chi connectivity index (χ0n) is 18.4. The first-order valence-electron chi connectivity index (χ1n) is 10.7. The van der Waals surface area contributed by atoms with E-state index >= 15 is 0 Å². The Morgan fingerprint density at radius 3 is 2.65 bits per heavy atom. The third-order valence-corrected chi connectivity index (χ3v) is 5.48. The molecule has 1 atom stereocenters. The van der Waals surface area contributed by atoms with Gasteiger partial charge >= 0.3 is 5.63 Å². The molecule has 162 valence electrons. The molecule has 0 saturated carbocycles. The summed E-state index contributed by atoms with van der Waals surface area (Å²) in [6, 6.07) is 9.33. The molecule has 0 amide bonds. The standard InChI is InChI=1S/C24H27N3O4/c1-5-8-27(14-22-25-26-24(31-22)20-7-6-9-29-20)13-17-11-23(28)30-21-10-16(4)18(15(2)3)12-19(17)21/h6-7,9-12,15H,5,8,13-14H2,1-4H3/p+1. The van der Waals surface area contributed by atoms with Crippen LogP contribution in [0.5, 0.6) is 0 Å². The smallest absolute Gasteiger partial charge is 0.336 e. The molecule has 0 aliphatic rings. The van der Waals surface area contributed by atoms with Crippen LogP contribution in [0.1, 0.15) is 55.7 Å². The van der Waals surface area contributed by atoms with Gasteiger partial charge in [0.1, 0.15) is 12.1 Å². The van der Waals surface area contributed by atoms with Crippen LogP contribution >= 0.6 is 0 Å². The Morgan fingerprint density at radius 1 is 1.10 bits per heavy atom. The Balaban J connectivity index is 1.64. The molecule has 0 bridgehead atoms. The lowest BCUT2D eigenvalue weighted by Crippen LogP contribution is -3.09. The number of hydrogen-bond acceptors (Lipinski definition) is 6. The van der Waals surface area contributed by atoms with Crippen LogP contribution in [-0.2, 0) is 13.1 Å². The van der Waals surface area contributed by atoms with Gasteiger partial charge in [-0.15, -0.1) is 10.2 Å². The third kappa shape index (κ3) is 4.61. The van der Waals surface area contributed by atoms with Gasteiger partial charge in [0.15, 0.2) is 12.3 Å². The number of rotatable bonds is 8. The number of quaternary nitrogens is 1. The van der Waals surface area contributed by atoms with Crippen molar-refractivity contribution in [3.63, 3.8) is 0 Å². The van der Waals surface area contributed by atoms with Crippen LogP contribution in [0.3, 0.4) is 0 Å². The van der Waals surface area contributed by atoms with Gasteiger partial charge in [0, 0.05) is 17.0 Å². The fraction of sp³-hybridized carbons (Fsp3) is 0.375. The van der Waals surface area contributed by atoms with Crippen molar-refractivity contribution in [1.29, 1.82) is 0 Å². The minimum Gasteiger partial charge on any atom is -0.459 e. The number of furan rings is 1. The first kappa shape index (κ1) is 21.1. The van der Waals surface area contributed by atoms with Gasteiger partial charge in [-0.05, 0) is 54.7 Å². The second kappa shape index (κ2) is 8.89. The van der Waals surface area contributed by atoms with Gasteiger partial charge in [0.05, 0.1) is 12.8 Å². The van der Waals surface area contributed by atoms with Crippen LogP contribution in [0.4, 0.5) is 0 Å². The Labute approximate surface area is 180 Å². The van der Waals surface area contributed by atoms with Crippen LogP contribution in [-0.4, -0.2) is 16.7 Å². The van der Waals surface area contributed by atoms with Crippen LogP contribution < -0.4 is 10.5 Å². The molecular formula is C24H28N3O4+. The predicted octanol–water partition coefficient (Wildman–Crippen LogP) is 3.86. The molecule has 0 aliphatic carbocycles. The summed E-state index contributed by atoms with van der Waals surface area (Å²) in [5.41, 5.74) is 3.69. The van der Waals surface area contributed by atoms with E-state index in [1.54, 1.807) is 24.5 Å². The highest BCUT2D eigenvalue weighted by Gasteiger charge is 2.19. The molecular weight excluding hydrogens is 394 g/mol. The highest BCUT2D eigenvalue weighted by atomic mass is 16.4. The van der Waals surface area contributed by atoms with Gasteiger partial charge in [-0.25, -0.2) is 4.79 Å². The molecule has 7 nitrogen and oxygen atoms in total. The zero-order chi connectivity index (χ0) is 22.0. The van der Waals surface area contributed by atoms with Crippen molar-refractivity contribution in [1.82, 2.24) is 10.2 Å². The van der Waals surface area contributed by atoms with E-state index in [0.717, 1.165) is 29.5 Å². The summed E-state index contributed by atoms with van der Waals surface area (Å²) >= 11 is 0. The summed E-state index contributed by atoms with van der Waals surface area (Å²) in [7, 11) is 0. The Kier molecular flexibility index (Phi) is 6.04. The molecule has 0 fully saturated rings. The fourth-order valence-electron chi connectivity index (χ4n) is 4.06. The molecule has 4 rings (SSSR count). The SMILES string of the molecule is CCC[NH+](Cc1nnc(-c2ccco2)o1)Cc1cc(=O)oc2cc(C)c(C(C)C)cc12. The van der Waals surface area contributed by atoms with E-state index in [2.05, 4.69) is 44.0 Å². The number of aromatic nitrogens is 2. The quantitative estimate of drug-likeness (QED) is 0.434. The summed E-state index contributed by atoms with van der Waals surface area (Å²) in [6.07, 6.45) is 2.57. The van der Waals surface area contributed by atoms with Crippen LogP contribution in [0.2, 0.25) is 0 Å². The lowest BCUT2D eigenvalue weighted by molar-refractivity contribution is -0.928. The van der Waals surface area contributed by atoms with E-state index in [9.17, 15) is 4.79 Å². The fourth-order valence-corrected chi connectivity index (χ4v) is 4.06. The van der Waals surface area contributed by atoms with E-state index in [1.165, 1.54) is 10.5 Å². The Morgan fingerprint density at radius 2 is 1.94 bits per heavy atom. The summed E-state index contributed by atoms with van der Waals surface area (Å²) in [5.74, 6) is 1.86. The first-order valence-corrected chi connectivity index (χ1v) is 10.7. The number of hydrogen-bond donors (Lipinski definition) is 1. The highest BCUT2D eigenvalue weighted by Crippen LogP contribution is 2.26. The molecule has 7 heteroatoms. The second-order valence-corrected chi connectivity index (χ2v) is 8.28. The molecule has 1 unspecified atom stereocenters. The number of nitrogens with one attached hydrogen (secondary N) is 1. The Bertz CT molecular complexity index is 1220. The van der Waals surface area contributed by atoms with E-state index < -0.39 is 0 Å². The topological polar surface area (TPSA) is 86.7 Å². The Hall–Kier alpha value is -3.19. The maximum Gasteiger partial charge on any atom is 0.336 e. The molecule has 1 N–H and O–H groups in total. The predicted molar refractivity (Wildman–Crippen MR) is 117 cm³/mol. The first-order chi connectivity index (χ1) is 14.9. The zero-order valence-corrected chi connectivity index (χ0v) is 18.4. The molecule has 0 spiro atoms. The van der Waals surface area contributed by atoms with E-state index in [0.29, 0.717) is 42.1 Å². The summed E-state index contributed by atoms with van der Waals surface area (Å²) in [4.78, 5) is 13.5. The van der Waals surface area contributed by atoms with Crippen molar-refractivity contribution in [2.45, 2.75) is 53.1 Å². The largest absolute Gasteiger partial charge is 0.459 e. The number of fused-ring (bicyclic) bond motifs is 1. The van der Waals surface area contributed by atoms with Crippen molar-refractivity contribution >= 4 is 11.0 Å². The number of benzene rings is 1. The molecule has 0 saturated heterocycles. The van der Waals surface area contributed by atoms with Gasteiger partial charge in [-0.1, -0.05) is 20.8 Å². The maximum atomic E-state index is 12.2. The second-order valence-electron chi connectivity index (χ2n) is 8.28. The lowest BCUT2D eigenvalue weighted by atomic mass is 9.95. The van der Waals surface area contributed by atoms with E-state index in [1.807, 2.05) is 6.07 Å². The minimum absolute atomic E-state index is 0.326. The van der Waals surface area contributed by atoms with Crippen molar-refractivity contribution in [3.8, 4) is 11.7 Å². The van der Waals surface area contributed by atoms with Gasteiger partial charge in [-0.2, -0.15) is 0 Å². The number of aryl methyl sites for hydroxylation is 1. The van der Waals surface area contributed by atoms with Crippen LogP contribution in [0.25, 0.3) is 22.6 Å². The molecule has 31 heavy (non-hydrogen) atoms. The van der Waals surface area contributed by atoms with Crippen molar-refractivity contribution in [3.05, 3.63) is 69.6 Å². The molecule has 0 aliphatic heterocycles. The molecule has 0 radical (unpaired) electrons. The monoisotopic (exact) mass is 422 g/mol. The van der Waals surface area contributed by atoms with E-state index in [-0.39, 0.29) is 5.63 Å². The van der Waals surface area contributed by atoms with Gasteiger partial charge in [0.2, 0.25) is 0 Å². The molecule has 1 aromatic carbocycles. The average molecular weight is 423 g/mol. The third-order valence-electron chi connectivity index (χ3n) is 5.48. The summed E-state index contributed by atoms with van der Waals surface area (Å²) in [6.45, 7) is 10.7. The highest BCUT2D eigenvalue weighted by molar-refractivity contribution is 5.82. The average Bonchev–Trinajstić information content (AvgIpc) is 3.39. The minimum atomic E-state index is -0.326. The van der Waals surface area contributed by atoms with Crippen molar-refractivity contribution in [2.24, 2.45) is 0 Å². The molecule has 3 heterocycles. The maximum absolute atomic E-state index is 12.2. The molecule has 3 aromatic heterocycles. The van der Waals surface area contributed by atoms with Crippen LogP contribution in [0, 0.1) is 6.92 Å². The normalized spacial score (nSPS) is 12.7.